The summed E-state index contributed by atoms with van der Waals surface area (Å²) in [6.07, 6.45) is 13.8. The quantitative estimate of drug-likeness (QED) is 0.288. The van der Waals surface area contributed by atoms with Gasteiger partial charge in [0, 0.05) is 12.8 Å². The molecule has 0 aromatic carbocycles. The molecule has 0 aromatic rings. The molecule has 4 nitrogen and oxygen atoms in total. The number of unbranched alkanes of at least 4 members (excludes halogenated alkanes) is 1. The lowest BCUT2D eigenvalue weighted by atomic mass is 10.0. The van der Waals surface area contributed by atoms with Crippen LogP contribution < -0.4 is 0 Å². The monoisotopic (exact) mass is 288 g/mol. The van der Waals surface area contributed by atoms with Crippen LogP contribution in [0.1, 0.15) is 84.0 Å². The smallest absolute Gasteiger partial charge is 0.233 e. The second kappa shape index (κ2) is 11.5. The van der Waals surface area contributed by atoms with Crippen molar-refractivity contribution < 1.29 is 19.6 Å². The average Bonchev–Trinajstić information content (AvgIpc) is 2.50. The lowest BCUT2D eigenvalue weighted by Gasteiger charge is -2.30. The highest BCUT2D eigenvalue weighted by Gasteiger charge is 2.34. The minimum atomic E-state index is -0.715. The van der Waals surface area contributed by atoms with Gasteiger partial charge >= 0.3 is 0 Å². The molecule has 0 radical (unpaired) electrons. The fourth-order valence-electron chi connectivity index (χ4n) is 2.66. The maximum Gasteiger partial charge on any atom is 0.233 e. The Hall–Kier alpha value is -0.160. The van der Waals surface area contributed by atoms with Gasteiger partial charge in [-0.05, 0) is 19.3 Å². The standard InChI is InChI=1S/C16H32O4/c1-3-4-15-18-20-16(19-17-2)13-11-9-7-5-6-8-10-12-14-16/h3-15H2,1-2H3. The van der Waals surface area contributed by atoms with Crippen molar-refractivity contribution in [1.82, 2.24) is 0 Å². The van der Waals surface area contributed by atoms with Gasteiger partial charge in [0.05, 0.1) is 13.7 Å². The molecule has 0 aromatic heterocycles. The second-order valence-corrected chi connectivity index (χ2v) is 5.75. The van der Waals surface area contributed by atoms with Crippen LogP contribution in [0.3, 0.4) is 0 Å². The number of rotatable bonds is 7. The van der Waals surface area contributed by atoms with Crippen LogP contribution in [0.15, 0.2) is 0 Å². The first-order valence-electron chi connectivity index (χ1n) is 8.35. The molecular formula is C16H32O4. The summed E-state index contributed by atoms with van der Waals surface area (Å²) < 4.78 is 0. The summed E-state index contributed by atoms with van der Waals surface area (Å²) in [6, 6.07) is 0. The van der Waals surface area contributed by atoms with Gasteiger partial charge in [-0.15, -0.1) is 0 Å². The van der Waals surface area contributed by atoms with Crippen LogP contribution in [0.4, 0.5) is 0 Å². The molecule has 1 fully saturated rings. The van der Waals surface area contributed by atoms with Crippen LogP contribution in [0.2, 0.25) is 0 Å². The van der Waals surface area contributed by atoms with Gasteiger partial charge in [-0.3, -0.25) is 0 Å². The van der Waals surface area contributed by atoms with Crippen LogP contribution in [0.5, 0.6) is 0 Å². The predicted molar refractivity (Wildman–Crippen MR) is 78.9 cm³/mol. The van der Waals surface area contributed by atoms with E-state index >= 15 is 0 Å². The molecular weight excluding hydrogens is 256 g/mol. The van der Waals surface area contributed by atoms with Gasteiger partial charge in [0.2, 0.25) is 5.79 Å². The fourth-order valence-corrected chi connectivity index (χ4v) is 2.66. The zero-order valence-electron chi connectivity index (χ0n) is 13.3. The Morgan fingerprint density at radius 2 is 1.35 bits per heavy atom. The molecule has 0 unspecified atom stereocenters. The molecule has 1 rings (SSSR count). The second-order valence-electron chi connectivity index (χ2n) is 5.75. The minimum Gasteiger partial charge on any atom is -0.237 e. The highest BCUT2D eigenvalue weighted by atomic mass is 17.3. The first kappa shape index (κ1) is 17.9. The Morgan fingerprint density at radius 1 is 0.800 bits per heavy atom. The fraction of sp³-hybridized carbons (Fsp3) is 1.00. The molecule has 0 atom stereocenters. The lowest BCUT2D eigenvalue weighted by molar-refractivity contribution is -0.509. The van der Waals surface area contributed by atoms with Crippen molar-refractivity contribution >= 4 is 0 Å². The van der Waals surface area contributed by atoms with Crippen molar-refractivity contribution in [3.05, 3.63) is 0 Å². The van der Waals surface area contributed by atoms with E-state index < -0.39 is 5.79 Å². The molecule has 0 aliphatic heterocycles. The van der Waals surface area contributed by atoms with Crippen LogP contribution in [-0.4, -0.2) is 19.5 Å². The summed E-state index contributed by atoms with van der Waals surface area (Å²) >= 11 is 0. The van der Waals surface area contributed by atoms with Gasteiger partial charge in [-0.1, -0.05) is 51.9 Å². The molecule has 0 spiro atoms. The van der Waals surface area contributed by atoms with Gasteiger partial charge in [-0.2, -0.15) is 9.78 Å². The summed E-state index contributed by atoms with van der Waals surface area (Å²) in [5.74, 6) is -0.715. The Bertz CT molecular complexity index is 209. The average molecular weight is 288 g/mol. The summed E-state index contributed by atoms with van der Waals surface area (Å²) in [4.78, 5) is 21.4. The van der Waals surface area contributed by atoms with Gasteiger partial charge < -0.3 is 0 Å². The zero-order valence-corrected chi connectivity index (χ0v) is 13.3. The van der Waals surface area contributed by atoms with Crippen molar-refractivity contribution in [3.8, 4) is 0 Å². The minimum absolute atomic E-state index is 0.616. The van der Waals surface area contributed by atoms with E-state index in [1.165, 1.54) is 38.5 Å². The molecule has 120 valence electrons. The summed E-state index contributed by atoms with van der Waals surface area (Å²) in [5.41, 5.74) is 0. The summed E-state index contributed by atoms with van der Waals surface area (Å²) in [7, 11) is 1.54. The summed E-state index contributed by atoms with van der Waals surface area (Å²) in [6.45, 7) is 2.75. The highest BCUT2D eigenvalue weighted by molar-refractivity contribution is 4.69. The molecule has 0 saturated heterocycles. The molecule has 20 heavy (non-hydrogen) atoms. The van der Waals surface area contributed by atoms with E-state index in [1.54, 1.807) is 7.11 Å². The van der Waals surface area contributed by atoms with Crippen LogP contribution >= 0.6 is 0 Å². The SMILES string of the molecule is CCCCOOC1(OOC)CCCCCCCCCC1. The van der Waals surface area contributed by atoms with E-state index in [-0.39, 0.29) is 0 Å². The Kier molecular flexibility index (Phi) is 10.3. The topological polar surface area (TPSA) is 36.9 Å². The molecule has 1 aliphatic carbocycles. The van der Waals surface area contributed by atoms with Crippen LogP contribution in [0.25, 0.3) is 0 Å². The van der Waals surface area contributed by atoms with E-state index in [1.807, 2.05) is 0 Å². The lowest BCUT2D eigenvalue weighted by Crippen LogP contribution is -2.36. The van der Waals surface area contributed by atoms with Crippen molar-refractivity contribution in [3.63, 3.8) is 0 Å². The van der Waals surface area contributed by atoms with E-state index in [2.05, 4.69) is 6.92 Å². The molecule has 0 bridgehead atoms. The largest absolute Gasteiger partial charge is 0.237 e. The Balaban J connectivity index is 2.49. The molecule has 1 saturated carbocycles. The molecule has 0 amide bonds. The van der Waals surface area contributed by atoms with E-state index in [0.29, 0.717) is 6.61 Å². The first-order chi connectivity index (χ1) is 9.83. The van der Waals surface area contributed by atoms with Crippen molar-refractivity contribution in [2.75, 3.05) is 13.7 Å². The van der Waals surface area contributed by atoms with E-state index in [0.717, 1.165) is 38.5 Å². The molecule has 4 heteroatoms. The van der Waals surface area contributed by atoms with E-state index in [4.69, 9.17) is 19.6 Å². The van der Waals surface area contributed by atoms with Gasteiger partial charge in [0.15, 0.2) is 0 Å². The maximum atomic E-state index is 5.64. The summed E-state index contributed by atoms with van der Waals surface area (Å²) in [5, 5.41) is 0. The van der Waals surface area contributed by atoms with Crippen molar-refractivity contribution in [1.29, 1.82) is 0 Å². The maximum absolute atomic E-state index is 5.64. The third kappa shape index (κ3) is 7.58. The van der Waals surface area contributed by atoms with Gasteiger partial charge in [-0.25, -0.2) is 9.78 Å². The number of hydrogen-bond donors (Lipinski definition) is 0. The zero-order chi connectivity index (χ0) is 14.5. The van der Waals surface area contributed by atoms with Gasteiger partial charge in [0.1, 0.15) is 0 Å². The first-order valence-corrected chi connectivity index (χ1v) is 8.35. The molecule has 1 aliphatic rings. The predicted octanol–water partition coefficient (Wildman–Crippen LogP) is 4.92. The normalized spacial score (nSPS) is 21.3. The van der Waals surface area contributed by atoms with E-state index in [9.17, 15) is 0 Å². The third-order valence-electron chi connectivity index (χ3n) is 3.89. The van der Waals surface area contributed by atoms with Crippen molar-refractivity contribution in [2.45, 2.75) is 89.8 Å². The molecule has 0 N–H and O–H groups in total. The van der Waals surface area contributed by atoms with Crippen LogP contribution in [0, 0.1) is 0 Å². The van der Waals surface area contributed by atoms with Crippen molar-refractivity contribution in [2.24, 2.45) is 0 Å². The third-order valence-corrected chi connectivity index (χ3v) is 3.89. The Labute approximate surface area is 124 Å². The molecule has 0 heterocycles. The highest BCUT2D eigenvalue weighted by Crippen LogP contribution is 2.30. The van der Waals surface area contributed by atoms with Gasteiger partial charge in [0.25, 0.3) is 0 Å². The number of hydrogen-bond acceptors (Lipinski definition) is 4. The van der Waals surface area contributed by atoms with Crippen LogP contribution in [-0.2, 0) is 19.6 Å². The Morgan fingerprint density at radius 3 is 1.85 bits per heavy atom.